The van der Waals surface area contributed by atoms with Crippen molar-refractivity contribution in [1.82, 2.24) is 5.32 Å². The van der Waals surface area contributed by atoms with Gasteiger partial charge in [-0.2, -0.15) is 13.2 Å². The van der Waals surface area contributed by atoms with Gasteiger partial charge >= 0.3 is 6.18 Å². The van der Waals surface area contributed by atoms with Gasteiger partial charge in [-0.25, -0.2) is 0 Å². The molecule has 0 spiro atoms. The largest absolute Gasteiger partial charge is 0.496 e. The highest BCUT2D eigenvalue weighted by Crippen LogP contribution is 2.31. The molecule has 0 bridgehead atoms. The topological polar surface area (TPSA) is 21.3 Å². The molecular formula is C15H22F3NO. The predicted octanol–water partition coefficient (Wildman–Crippen LogP) is 4.31. The van der Waals surface area contributed by atoms with E-state index < -0.39 is 12.6 Å². The quantitative estimate of drug-likeness (QED) is 0.842. The first kappa shape index (κ1) is 16.8. The number of ether oxygens (including phenoxy) is 1. The summed E-state index contributed by atoms with van der Waals surface area (Å²) < 4.78 is 42.5. The Kier molecular flexibility index (Phi) is 5.87. The zero-order chi connectivity index (χ0) is 15.3. The molecule has 0 aliphatic rings. The van der Waals surface area contributed by atoms with Crippen molar-refractivity contribution in [3.8, 4) is 5.75 Å². The fourth-order valence-electron chi connectivity index (χ4n) is 2.45. The van der Waals surface area contributed by atoms with Crippen LogP contribution in [0, 0.1) is 13.8 Å². The maximum Gasteiger partial charge on any atom is 0.389 e. The maximum atomic E-state index is 12.4. The third-order valence-electron chi connectivity index (χ3n) is 3.26. The molecule has 114 valence electrons. The lowest BCUT2D eigenvalue weighted by Gasteiger charge is -2.21. The summed E-state index contributed by atoms with van der Waals surface area (Å²) in [6.07, 6.45) is -4.86. The molecule has 20 heavy (non-hydrogen) atoms. The van der Waals surface area contributed by atoms with Crippen LogP contribution in [0.3, 0.4) is 0 Å². The average molecular weight is 289 g/mol. The van der Waals surface area contributed by atoms with E-state index in [9.17, 15) is 13.2 Å². The monoisotopic (exact) mass is 289 g/mol. The van der Waals surface area contributed by atoms with Gasteiger partial charge < -0.3 is 10.1 Å². The van der Waals surface area contributed by atoms with Crippen LogP contribution in [0.25, 0.3) is 0 Å². The van der Waals surface area contributed by atoms with Gasteiger partial charge in [0.2, 0.25) is 0 Å². The molecule has 1 aromatic rings. The number of aryl methyl sites for hydroxylation is 2. The van der Waals surface area contributed by atoms with E-state index in [1.54, 1.807) is 7.11 Å². The lowest BCUT2D eigenvalue weighted by molar-refractivity contribution is -0.136. The van der Waals surface area contributed by atoms with E-state index in [0.717, 1.165) is 22.4 Å². The Balaban J connectivity index is 2.97. The van der Waals surface area contributed by atoms with E-state index in [1.807, 2.05) is 32.9 Å². The van der Waals surface area contributed by atoms with Crippen LogP contribution >= 0.6 is 0 Å². The van der Waals surface area contributed by atoms with Gasteiger partial charge in [0, 0.05) is 12.5 Å². The number of benzene rings is 1. The third kappa shape index (κ3) is 4.71. The highest BCUT2D eigenvalue weighted by Gasteiger charge is 2.28. The van der Waals surface area contributed by atoms with Gasteiger partial charge in [0.1, 0.15) is 5.75 Å². The number of hydrogen-bond acceptors (Lipinski definition) is 2. The van der Waals surface area contributed by atoms with Crippen LogP contribution in [0.2, 0.25) is 0 Å². The van der Waals surface area contributed by atoms with Crippen LogP contribution in [-0.4, -0.2) is 19.8 Å². The molecule has 0 saturated carbocycles. The second-order valence-corrected chi connectivity index (χ2v) is 4.95. The summed E-state index contributed by atoms with van der Waals surface area (Å²) in [7, 11) is 1.60. The van der Waals surface area contributed by atoms with Gasteiger partial charge in [-0.15, -0.1) is 0 Å². The lowest BCUT2D eigenvalue weighted by Crippen LogP contribution is -2.23. The van der Waals surface area contributed by atoms with E-state index in [1.165, 1.54) is 0 Å². The summed E-state index contributed by atoms with van der Waals surface area (Å²) in [6, 6.07) is 3.51. The fraction of sp³-hybridized carbons (Fsp3) is 0.600. The van der Waals surface area contributed by atoms with Crippen LogP contribution in [-0.2, 0) is 0 Å². The normalized spacial score (nSPS) is 13.3. The van der Waals surface area contributed by atoms with E-state index in [-0.39, 0.29) is 12.5 Å². The smallest absolute Gasteiger partial charge is 0.389 e. The first-order chi connectivity index (χ1) is 9.28. The summed E-state index contributed by atoms with van der Waals surface area (Å²) in [6.45, 7) is 6.33. The molecule has 2 nitrogen and oxygen atoms in total. The van der Waals surface area contributed by atoms with Crippen LogP contribution in [0.5, 0.6) is 5.75 Å². The van der Waals surface area contributed by atoms with E-state index in [0.29, 0.717) is 6.54 Å². The highest BCUT2D eigenvalue weighted by atomic mass is 19.4. The molecule has 0 fully saturated rings. The minimum atomic E-state index is -4.12. The Labute approximate surface area is 118 Å². The molecule has 0 amide bonds. The Hall–Kier alpha value is -1.23. The number of rotatable bonds is 6. The number of methoxy groups -OCH3 is 1. The molecule has 0 heterocycles. The third-order valence-corrected chi connectivity index (χ3v) is 3.26. The van der Waals surface area contributed by atoms with Crippen molar-refractivity contribution < 1.29 is 17.9 Å². The highest BCUT2D eigenvalue weighted by molar-refractivity contribution is 5.44. The molecule has 1 rings (SSSR count). The van der Waals surface area contributed by atoms with Crippen molar-refractivity contribution in [1.29, 1.82) is 0 Å². The lowest BCUT2D eigenvalue weighted by atomic mass is 9.97. The molecule has 0 saturated heterocycles. The van der Waals surface area contributed by atoms with E-state index >= 15 is 0 Å². The average Bonchev–Trinajstić information content (AvgIpc) is 2.32. The summed E-state index contributed by atoms with van der Waals surface area (Å²) in [5, 5.41) is 3.12. The number of alkyl halides is 3. The van der Waals surface area contributed by atoms with E-state index in [4.69, 9.17) is 4.74 Å². The summed E-state index contributed by atoms with van der Waals surface area (Å²) in [5.74, 6) is 0.791. The standard InChI is InChI=1S/C15H22F3NO/c1-5-19-13(6-7-15(16,17)18)12-8-10(2)14(20-4)11(3)9-12/h8-9,13,19H,5-7H2,1-4H3. The van der Waals surface area contributed by atoms with Gasteiger partial charge in [0.25, 0.3) is 0 Å². The maximum absolute atomic E-state index is 12.4. The van der Waals surface area contributed by atoms with Crippen molar-refractivity contribution in [3.05, 3.63) is 28.8 Å². The molecule has 5 heteroatoms. The number of nitrogens with one attached hydrogen (secondary N) is 1. The van der Waals surface area contributed by atoms with Gasteiger partial charge in [-0.3, -0.25) is 0 Å². The molecule has 1 N–H and O–H groups in total. The number of hydrogen-bond donors (Lipinski definition) is 1. The fourth-order valence-corrected chi connectivity index (χ4v) is 2.45. The van der Waals surface area contributed by atoms with Gasteiger partial charge in [0.05, 0.1) is 7.11 Å². The second-order valence-electron chi connectivity index (χ2n) is 4.95. The Morgan fingerprint density at radius 2 is 1.75 bits per heavy atom. The van der Waals surface area contributed by atoms with Crippen molar-refractivity contribution >= 4 is 0 Å². The Morgan fingerprint density at radius 3 is 2.15 bits per heavy atom. The zero-order valence-electron chi connectivity index (χ0n) is 12.4. The molecule has 1 unspecified atom stereocenters. The Morgan fingerprint density at radius 1 is 1.20 bits per heavy atom. The first-order valence-electron chi connectivity index (χ1n) is 6.73. The molecular weight excluding hydrogens is 267 g/mol. The minimum Gasteiger partial charge on any atom is -0.496 e. The molecule has 1 aromatic carbocycles. The molecule has 1 atom stereocenters. The van der Waals surface area contributed by atoms with Gasteiger partial charge in [0.15, 0.2) is 0 Å². The molecule has 0 aliphatic heterocycles. The SMILES string of the molecule is CCNC(CCC(F)(F)F)c1cc(C)c(OC)c(C)c1. The second kappa shape index (κ2) is 6.97. The molecule has 0 radical (unpaired) electrons. The zero-order valence-corrected chi connectivity index (χ0v) is 12.4. The van der Waals surface area contributed by atoms with Gasteiger partial charge in [-0.05, 0) is 43.5 Å². The minimum absolute atomic E-state index is 0.0442. The summed E-state index contributed by atoms with van der Waals surface area (Å²) in [4.78, 5) is 0. The summed E-state index contributed by atoms with van der Waals surface area (Å²) >= 11 is 0. The van der Waals surface area contributed by atoms with Crippen LogP contribution in [0.15, 0.2) is 12.1 Å². The van der Waals surface area contributed by atoms with Crippen molar-refractivity contribution in [2.75, 3.05) is 13.7 Å². The molecule has 0 aromatic heterocycles. The van der Waals surface area contributed by atoms with Gasteiger partial charge in [-0.1, -0.05) is 19.1 Å². The van der Waals surface area contributed by atoms with E-state index in [2.05, 4.69) is 5.32 Å². The van der Waals surface area contributed by atoms with Crippen LogP contribution < -0.4 is 10.1 Å². The van der Waals surface area contributed by atoms with Crippen molar-refractivity contribution in [2.24, 2.45) is 0 Å². The van der Waals surface area contributed by atoms with Crippen LogP contribution in [0.4, 0.5) is 13.2 Å². The Bertz CT molecular complexity index is 420. The van der Waals surface area contributed by atoms with Crippen molar-refractivity contribution in [2.45, 2.75) is 45.8 Å². The van der Waals surface area contributed by atoms with Crippen LogP contribution in [0.1, 0.15) is 42.5 Å². The first-order valence-corrected chi connectivity index (χ1v) is 6.73. The van der Waals surface area contributed by atoms with Crippen molar-refractivity contribution in [3.63, 3.8) is 0 Å². The summed E-state index contributed by atoms with van der Waals surface area (Å²) in [5.41, 5.74) is 2.77. The number of halogens is 3. The predicted molar refractivity (Wildman–Crippen MR) is 74.2 cm³/mol. The molecule has 0 aliphatic carbocycles.